The van der Waals surface area contributed by atoms with Crippen molar-refractivity contribution in [3.05, 3.63) is 94.3 Å². The van der Waals surface area contributed by atoms with Gasteiger partial charge in [0.05, 0.1) is 21.2 Å². The first kappa shape index (κ1) is 22.8. The van der Waals surface area contributed by atoms with Crippen LogP contribution >= 0.6 is 11.6 Å². The average molecular weight is 461 g/mol. The molecule has 0 saturated heterocycles. The molecule has 0 atom stereocenters. The molecule has 3 aromatic rings. The number of sulfonamides is 1. The molecule has 0 radical (unpaired) electrons. The Kier molecular flexibility index (Phi) is 7.30. The van der Waals surface area contributed by atoms with Gasteiger partial charge in [0.2, 0.25) is 0 Å². The molecular weight excluding hydrogens is 439 g/mol. The van der Waals surface area contributed by atoms with E-state index in [9.17, 15) is 17.6 Å². The Hall–Kier alpha value is -2.90. The van der Waals surface area contributed by atoms with Gasteiger partial charge in [0.25, 0.3) is 15.9 Å². The van der Waals surface area contributed by atoms with Crippen LogP contribution in [0.3, 0.4) is 0 Å². The number of amides is 1. The van der Waals surface area contributed by atoms with Gasteiger partial charge >= 0.3 is 0 Å². The monoisotopic (exact) mass is 460 g/mol. The van der Waals surface area contributed by atoms with E-state index in [-0.39, 0.29) is 32.9 Å². The molecule has 3 aromatic carbocycles. The summed E-state index contributed by atoms with van der Waals surface area (Å²) in [6, 6.07) is 17.1. The number of carbonyl (C=O) groups excluding carboxylic acids is 1. The minimum absolute atomic E-state index is 0.136. The Morgan fingerprint density at radius 1 is 1.00 bits per heavy atom. The van der Waals surface area contributed by atoms with Crippen molar-refractivity contribution in [1.29, 1.82) is 0 Å². The predicted octanol–water partition coefficient (Wildman–Crippen LogP) is 4.95. The summed E-state index contributed by atoms with van der Waals surface area (Å²) in [5.41, 5.74) is 2.45. The van der Waals surface area contributed by atoms with Gasteiger partial charge in [0.15, 0.2) is 0 Å². The third-order valence-electron chi connectivity index (χ3n) is 4.64. The minimum atomic E-state index is -3.76. The zero-order chi connectivity index (χ0) is 22.4. The number of anilines is 1. The molecule has 31 heavy (non-hydrogen) atoms. The standard InChI is InChI=1S/C23H22ClFN2O3S/c1-16-4-11-20(12-5-16)31(29,30)27-19-10-13-21(22(24)15-19)23(28)26-14-2-3-17-6-8-18(25)9-7-17/h4-13,15,27H,2-3,14H2,1H3,(H,26,28). The smallest absolute Gasteiger partial charge is 0.261 e. The first-order valence-corrected chi connectivity index (χ1v) is 11.5. The summed E-state index contributed by atoms with van der Waals surface area (Å²) in [7, 11) is -3.76. The number of hydrogen-bond donors (Lipinski definition) is 2. The maximum absolute atomic E-state index is 12.9. The SMILES string of the molecule is Cc1ccc(S(=O)(=O)Nc2ccc(C(=O)NCCCc3ccc(F)cc3)c(Cl)c2)cc1. The van der Waals surface area contributed by atoms with E-state index >= 15 is 0 Å². The van der Waals surface area contributed by atoms with Crippen LogP contribution in [0, 0.1) is 12.7 Å². The Morgan fingerprint density at radius 3 is 2.32 bits per heavy atom. The summed E-state index contributed by atoms with van der Waals surface area (Å²) in [4.78, 5) is 12.5. The molecule has 0 spiro atoms. The third-order valence-corrected chi connectivity index (χ3v) is 6.35. The molecule has 0 fully saturated rings. The van der Waals surface area contributed by atoms with Crippen molar-refractivity contribution in [2.24, 2.45) is 0 Å². The summed E-state index contributed by atoms with van der Waals surface area (Å²) < 4.78 is 40.4. The second-order valence-electron chi connectivity index (χ2n) is 7.10. The lowest BCUT2D eigenvalue weighted by Gasteiger charge is -2.11. The first-order chi connectivity index (χ1) is 14.7. The molecular formula is C23H22ClFN2O3S. The quantitative estimate of drug-likeness (QED) is 0.467. The van der Waals surface area contributed by atoms with Gasteiger partial charge in [-0.25, -0.2) is 12.8 Å². The van der Waals surface area contributed by atoms with Crippen molar-refractivity contribution in [3.8, 4) is 0 Å². The number of halogens is 2. The molecule has 2 N–H and O–H groups in total. The molecule has 0 unspecified atom stereocenters. The fourth-order valence-electron chi connectivity index (χ4n) is 2.93. The molecule has 162 valence electrons. The summed E-state index contributed by atoms with van der Waals surface area (Å²) in [6.07, 6.45) is 1.39. The van der Waals surface area contributed by atoms with Gasteiger partial charge in [-0.1, -0.05) is 41.4 Å². The van der Waals surface area contributed by atoms with E-state index in [1.165, 1.54) is 42.5 Å². The zero-order valence-electron chi connectivity index (χ0n) is 16.9. The highest BCUT2D eigenvalue weighted by Gasteiger charge is 2.16. The Bertz CT molecular complexity index is 1160. The van der Waals surface area contributed by atoms with Crippen LogP contribution in [-0.4, -0.2) is 20.9 Å². The van der Waals surface area contributed by atoms with E-state index in [0.717, 1.165) is 11.1 Å². The normalized spacial score (nSPS) is 11.2. The summed E-state index contributed by atoms with van der Waals surface area (Å²) >= 11 is 6.21. The molecule has 0 aliphatic carbocycles. The first-order valence-electron chi connectivity index (χ1n) is 9.66. The highest BCUT2D eigenvalue weighted by molar-refractivity contribution is 7.92. The fourth-order valence-corrected chi connectivity index (χ4v) is 4.25. The highest BCUT2D eigenvalue weighted by atomic mass is 35.5. The van der Waals surface area contributed by atoms with Gasteiger partial charge in [-0.3, -0.25) is 9.52 Å². The van der Waals surface area contributed by atoms with E-state index < -0.39 is 10.0 Å². The molecule has 3 rings (SSSR count). The van der Waals surface area contributed by atoms with Crippen molar-refractivity contribution in [2.45, 2.75) is 24.7 Å². The maximum atomic E-state index is 12.9. The van der Waals surface area contributed by atoms with Crippen LogP contribution in [0.2, 0.25) is 5.02 Å². The van der Waals surface area contributed by atoms with Crippen LogP contribution in [0.4, 0.5) is 10.1 Å². The van der Waals surface area contributed by atoms with E-state index in [2.05, 4.69) is 10.0 Å². The van der Waals surface area contributed by atoms with Gasteiger partial charge in [-0.15, -0.1) is 0 Å². The van der Waals surface area contributed by atoms with Crippen molar-refractivity contribution in [2.75, 3.05) is 11.3 Å². The Morgan fingerprint density at radius 2 is 1.68 bits per heavy atom. The van der Waals surface area contributed by atoms with Gasteiger partial charge < -0.3 is 5.32 Å². The van der Waals surface area contributed by atoms with Crippen LogP contribution in [0.1, 0.15) is 27.9 Å². The Balaban J connectivity index is 1.57. The Labute approximate surface area is 186 Å². The molecule has 0 heterocycles. The molecule has 0 aliphatic heterocycles. The van der Waals surface area contributed by atoms with E-state index in [4.69, 9.17) is 11.6 Å². The van der Waals surface area contributed by atoms with Crippen molar-refractivity contribution in [1.82, 2.24) is 5.32 Å². The van der Waals surface area contributed by atoms with Crippen molar-refractivity contribution < 1.29 is 17.6 Å². The topological polar surface area (TPSA) is 75.3 Å². The van der Waals surface area contributed by atoms with Gasteiger partial charge in [-0.2, -0.15) is 0 Å². The second-order valence-corrected chi connectivity index (χ2v) is 9.19. The maximum Gasteiger partial charge on any atom is 0.261 e. The number of carbonyl (C=O) groups is 1. The van der Waals surface area contributed by atoms with Gasteiger partial charge in [-0.05, 0) is 67.8 Å². The van der Waals surface area contributed by atoms with Crippen LogP contribution in [0.15, 0.2) is 71.6 Å². The van der Waals surface area contributed by atoms with Gasteiger partial charge in [0, 0.05) is 6.54 Å². The molecule has 5 nitrogen and oxygen atoms in total. The molecule has 0 bridgehead atoms. The second kappa shape index (κ2) is 9.94. The predicted molar refractivity (Wildman–Crippen MR) is 120 cm³/mol. The minimum Gasteiger partial charge on any atom is -0.352 e. The van der Waals surface area contributed by atoms with E-state index in [1.54, 1.807) is 24.3 Å². The molecule has 0 aromatic heterocycles. The number of hydrogen-bond acceptors (Lipinski definition) is 3. The van der Waals surface area contributed by atoms with Crippen LogP contribution < -0.4 is 10.0 Å². The number of nitrogens with one attached hydrogen (secondary N) is 2. The lowest BCUT2D eigenvalue weighted by Crippen LogP contribution is -2.25. The van der Waals surface area contributed by atoms with E-state index in [0.29, 0.717) is 19.4 Å². The van der Waals surface area contributed by atoms with Crippen LogP contribution in [-0.2, 0) is 16.4 Å². The fraction of sp³-hybridized carbons (Fsp3) is 0.174. The lowest BCUT2D eigenvalue weighted by molar-refractivity contribution is 0.0953. The number of rotatable bonds is 8. The zero-order valence-corrected chi connectivity index (χ0v) is 18.4. The largest absolute Gasteiger partial charge is 0.352 e. The lowest BCUT2D eigenvalue weighted by atomic mass is 10.1. The van der Waals surface area contributed by atoms with Crippen molar-refractivity contribution >= 4 is 33.2 Å². The number of benzene rings is 3. The van der Waals surface area contributed by atoms with Crippen LogP contribution in [0.25, 0.3) is 0 Å². The van der Waals surface area contributed by atoms with Crippen molar-refractivity contribution in [3.63, 3.8) is 0 Å². The third kappa shape index (κ3) is 6.29. The molecule has 0 saturated carbocycles. The average Bonchev–Trinajstić information content (AvgIpc) is 2.72. The molecule has 1 amide bonds. The number of aryl methyl sites for hydroxylation is 2. The summed E-state index contributed by atoms with van der Waals surface area (Å²) in [6.45, 7) is 2.30. The summed E-state index contributed by atoms with van der Waals surface area (Å²) in [5.74, 6) is -0.631. The van der Waals surface area contributed by atoms with Crippen LogP contribution in [0.5, 0.6) is 0 Å². The van der Waals surface area contributed by atoms with Gasteiger partial charge in [0.1, 0.15) is 5.82 Å². The summed E-state index contributed by atoms with van der Waals surface area (Å²) in [5, 5.41) is 2.92. The molecule has 8 heteroatoms. The van der Waals surface area contributed by atoms with E-state index in [1.807, 2.05) is 6.92 Å². The highest BCUT2D eigenvalue weighted by Crippen LogP contribution is 2.23. The molecule has 0 aliphatic rings.